The van der Waals surface area contributed by atoms with Crippen LogP contribution in [0.15, 0.2) is 22.0 Å². The second-order valence-corrected chi connectivity index (χ2v) is 11.9. The lowest BCUT2D eigenvalue weighted by molar-refractivity contribution is 0.112. The molecule has 0 spiro atoms. The highest BCUT2D eigenvalue weighted by Crippen LogP contribution is 2.38. The van der Waals surface area contributed by atoms with Crippen molar-refractivity contribution < 1.29 is 14.9 Å². The van der Waals surface area contributed by atoms with E-state index >= 15 is 0 Å². The average Bonchev–Trinajstić information content (AvgIpc) is 3.43. The summed E-state index contributed by atoms with van der Waals surface area (Å²) in [7, 11) is 0. The second kappa shape index (κ2) is 16.9. The van der Waals surface area contributed by atoms with Crippen LogP contribution in [0.1, 0.15) is 119 Å². The number of unbranched alkanes of at least 4 members (excludes halogenated alkanes) is 2. The lowest BCUT2D eigenvalue weighted by Gasteiger charge is -2.32. The Balaban J connectivity index is 1.70. The number of nitrogens with zero attached hydrogens (tertiary/aromatic N) is 4. The summed E-state index contributed by atoms with van der Waals surface area (Å²) in [6.07, 6.45) is 15.5. The van der Waals surface area contributed by atoms with Gasteiger partial charge >= 0.3 is 11.4 Å². The molecule has 0 aliphatic carbocycles. The summed E-state index contributed by atoms with van der Waals surface area (Å²) < 4.78 is 12.1. The number of hydrogen-bond donors (Lipinski definition) is 2. The molecule has 9 heteroatoms. The number of aromatic hydroxyl groups is 2. The zero-order chi connectivity index (χ0) is 30.5. The fourth-order valence-electron chi connectivity index (χ4n) is 6.28. The SMILES string of the molecule is CCn1cc(O)n(CCC(CC)(CC)CCCCOCCCCC(CC)(CC)CCn2c(O)cn(CC)c2=O)c1=O. The molecular weight excluding hydrogens is 520 g/mol. The highest BCUT2D eigenvalue weighted by atomic mass is 16.5. The normalized spacial score (nSPS) is 12.4. The van der Waals surface area contributed by atoms with Crippen LogP contribution in [0.3, 0.4) is 0 Å². The van der Waals surface area contributed by atoms with Gasteiger partial charge in [-0.1, -0.05) is 66.2 Å². The second-order valence-electron chi connectivity index (χ2n) is 11.9. The van der Waals surface area contributed by atoms with Crippen molar-refractivity contribution in [3.05, 3.63) is 33.4 Å². The third-order valence-corrected chi connectivity index (χ3v) is 9.95. The van der Waals surface area contributed by atoms with Crippen molar-refractivity contribution in [2.75, 3.05) is 13.2 Å². The van der Waals surface area contributed by atoms with Crippen molar-refractivity contribution in [3.63, 3.8) is 0 Å². The monoisotopic (exact) mass is 578 g/mol. The molecule has 2 aromatic heterocycles. The van der Waals surface area contributed by atoms with Crippen LogP contribution in [0.2, 0.25) is 0 Å². The van der Waals surface area contributed by atoms with Gasteiger partial charge in [-0.25, -0.2) is 9.59 Å². The fourth-order valence-corrected chi connectivity index (χ4v) is 6.28. The van der Waals surface area contributed by atoms with Crippen molar-refractivity contribution in [1.82, 2.24) is 18.3 Å². The van der Waals surface area contributed by atoms with Crippen LogP contribution in [0.25, 0.3) is 0 Å². The molecule has 0 saturated carbocycles. The number of aryl methyl sites for hydroxylation is 2. The molecule has 2 N–H and O–H groups in total. The molecule has 2 rings (SSSR count). The smallest absolute Gasteiger partial charge is 0.331 e. The molecule has 41 heavy (non-hydrogen) atoms. The zero-order valence-corrected chi connectivity index (χ0v) is 26.8. The molecule has 0 unspecified atom stereocenters. The molecule has 9 nitrogen and oxygen atoms in total. The number of rotatable bonds is 22. The predicted octanol–water partition coefficient (Wildman–Crippen LogP) is 6.51. The Morgan fingerprint density at radius 1 is 0.610 bits per heavy atom. The highest BCUT2D eigenvalue weighted by molar-refractivity contribution is 5.06. The van der Waals surface area contributed by atoms with Crippen LogP contribution in [0.4, 0.5) is 0 Å². The molecule has 0 saturated heterocycles. The third-order valence-electron chi connectivity index (χ3n) is 9.95. The van der Waals surface area contributed by atoms with Gasteiger partial charge in [0.2, 0.25) is 11.8 Å². The Kier molecular flexibility index (Phi) is 14.3. The van der Waals surface area contributed by atoms with Crippen molar-refractivity contribution in [3.8, 4) is 11.8 Å². The number of hydrogen-bond acceptors (Lipinski definition) is 5. The highest BCUT2D eigenvalue weighted by Gasteiger charge is 2.27. The molecule has 0 fully saturated rings. The molecule has 0 aliphatic rings. The standard InChI is InChI=1S/C32H58N4O5/c1-7-31(8-2,19-21-35-27(37)25-33(11-5)29(35)39)17-13-15-23-41-24-16-14-18-32(9-3,10-4)20-22-36-28(38)26-34(12-6)30(36)40/h25-26,37-38H,7-24H2,1-6H3. The maximum absolute atomic E-state index is 12.5. The van der Waals surface area contributed by atoms with Crippen molar-refractivity contribution in [1.29, 1.82) is 0 Å². The van der Waals surface area contributed by atoms with Gasteiger partial charge in [0.15, 0.2) is 0 Å². The summed E-state index contributed by atoms with van der Waals surface area (Å²) in [5.74, 6) is 0.117. The Labute approximate surface area is 247 Å². The van der Waals surface area contributed by atoms with Gasteiger partial charge in [0, 0.05) is 39.4 Å². The van der Waals surface area contributed by atoms with Crippen LogP contribution < -0.4 is 11.4 Å². The predicted molar refractivity (Wildman–Crippen MR) is 166 cm³/mol. The van der Waals surface area contributed by atoms with Gasteiger partial charge < -0.3 is 14.9 Å². The molecule has 0 atom stereocenters. The van der Waals surface area contributed by atoms with E-state index in [2.05, 4.69) is 27.7 Å². The van der Waals surface area contributed by atoms with Crippen molar-refractivity contribution >= 4 is 0 Å². The topological polar surface area (TPSA) is 104 Å². The Hall–Kier alpha value is -2.42. The van der Waals surface area contributed by atoms with Crippen LogP contribution in [-0.2, 0) is 30.9 Å². The van der Waals surface area contributed by atoms with E-state index in [1.807, 2.05) is 13.8 Å². The Morgan fingerprint density at radius 3 is 1.27 bits per heavy atom. The van der Waals surface area contributed by atoms with Gasteiger partial charge in [0.25, 0.3) is 0 Å². The molecule has 236 valence electrons. The lowest BCUT2D eigenvalue weighted by atomic mass is 9.75. The van der Waals surface area contributed by atoms with Gasteiger partial charge in [-0.2, -0.15) is 0 Å². The van der Waals surface area contributed by atoms with Gasteiger partial charge in [-0.3, -0.25) is 18.3 Å². The van der Waals surface area contributed by atoms with Gasteiger partial charge in [0.1, 0.15) is 0 Å². The summed E-state index contributed by atoms with van der Waals surface area (Å²) in [5, 5.41) is 20.4. The van der Waals surface area contributed by atoms with E-state index in [1.165, 1.54) is 21.5 Å². The van der Waals surface area contributed by atoms with E-state index in [0.717, 1.165) is 90.3 Å². The molecule has 0 radical (unpaired) electrons. The van der Waals surface area contributed by atoms with Gasteiger partial charge in [-0.15, -0.1) is 0 Å². The number of ether oxygens (including phenoxy) is 1. The van der Waals surface area contributed by atoms with E-state index < -0.39 is 0 Å². The zero-order valence-electron chi connectivity index (χ0n) is 26.8. The quantitative estimate of drug-likeness (QED) is 0.155. The van der Waals surface area contributed by atoms with Crippen molar-refractivity contribution in [2.45, 2.75) is 145 Å². The molecule has 0 amide bonds. The summed E-state index contributed by atoms with van der Waals surface area (Å²) >= 11 is 0. The Bertz CT molecular complexity index is 1050. The van der Waals surface area contributed by atoms with E-state index in [9.17, 15) is 19.8 Å². The van der Waals surface area contributed by atoms with E-state index in [-0.39, 0.29) is 34.0 Å². The Morgan fingerprint density at radius 2 is 0.976 bits per heavy atom. The maximum Gasteiger partial charge on any atom is 0.331 e. The molecule has 0 aliphatic heterocycles. The minimum absolute atomic E-state index is 0.0583. The van der Waals surface area contributed by atoms with E-state index in [1.54, 1.807) is 9.13 Å². The summed E-state index contributed by atoms with van der Waals surface area (Å²) in [6, 6.07) is 0. The largest absolute Gasteiger partial charge is 0.493 e. The third kappa shape index (κ3) is 9.29. The van der Waals surface area contributed by atoms with Crippen LogP contribution in [0.5, 0.6) is 11.8 Å². The van der Waals surface area contributed by atoms with E-state index in [4.69, 9.17) is 4.74 Å². The first-order valence-corrected chi connectivity index (χ1v) is 16.2. The molecule has 0 bridgehead atoms. The average molecular weight is 579 g/mol. The molecule has 2 aromatic rings. The molecule has 2 heterocycles. The van der Waals surface area contributed by atoms with E-state index in [0.29, 0.717) is 26.2 Å². The summed E-state index contributed by atoms with van der Waals surface area (Å²) in [6.45, 7) is 16.5. The first-order chi connectivity index (χ1) is 19.6. The number of imidazole rings is 2. The van der Waals surface area contributed by atoms with Crippen LogP contribution >= 0.6 is 0 Å². The molecule has 0 aromatic carbocycles. The number of aromatic nitrogens is 4. The van der Waals surface area contributed by atoms with Crippen molar-refractivity contribution in [2.24, 2.45) is 10.8 Å². The fraction of sp³-hybridized carbons (Fsp3) is 0.812. The van der Waals surface area contributed by atoms with Crippen LogP contribution in [0, 0.1) is 10.8 Å². The minimum atomic E-state index is -0.129. The first kappa shape index (κ1) is 34.8. The van der Waals surface area contributed by atoms with Crippen LogP contribution in [-0.4, -0.2) is 41.7 Å². The lowest BCUT2D eigenvalue weighted by Crippen LogP contribution is -2.27. The van der Waals surface area contributed by atoms with Gasteiger partial charge in [-0.05, 0) is 63.2 Å². The first-order valence-electron chi connectivity index (χ1n) is 16.2. The van der Waals surface area contributed by atoms with Gasteiger partial charge in [0.05, 0.1) is 12.4 Å². The molecular formula is C32H58N4O5. The summed E-state index contributed by atoms with van der Waals surface area (Å²) in [4.78, 5) is 24.9. The minimum Gasteiger partial charge on any atom is -0.493 e. The maximum atomic E-state index is 12.5. The summed E-state index contributed by atoms with van der Waals surface area (Å²) in [5.41, 5.74) is 0.0858.